The molecular weight excluding hydrogens is 407 g/mol. The summed E-state index contributed by atoms with van der Waals surface area (Å²) in [5.74, 6) is -5.24. The molecule has 31 heavy (non-hydrogen) atoms. The highest BCUT2D eigenvalue weighted by Gasteiger charge is 2.47. The highest BCUT2D eigenvalue weighted by molar-refractivity contribution is 6.51. The van der Waals surface area contributed by atoms with Gasteiger partial charge in [-0.2, -0.15) is 0 Å². The van der Waals surface area contributed by atoms with E-state index < -0.39 is 40.9 Å². The lowest BCUT2D eigenvalue weighted by Gasteiger charge is -2.25. The van der Waals surface area contributed by atoms with E-state index in [2.05, 4.69) is 0 Å². The molecule has 1 fully saturated rings. The lowest BCUT2D eigenvalue weighted by atomic mass is 9.94. The quantitative estimate of drug-likeness (QED) is 0.365. The number of ketones is 1. The van der Waals surface area contributed by atoms with Gasteiger partial charge < -0.3 is 5.11 Å². The Kier molecular flexibility index (Phi) is 5.10. The molecule has 1 amide bonds. The minimum absolute atomic E-state index is 0.0378. The molecule has 7 heteroatoms. The van der Waals surface area contributed by atoms with Gasteiger partial charge in [-0.05, 0) is 48.4 Å². The molecule has 4 nitrogen and oxygen atoms in total. The minimum atomic E-state index is -1.18. The Morgan fingerprint density at radius 2 is 1.55 bits per heavy atom. The number of Topliss-reactive ketones (excluding diaryl/α,β-unsaturated/α-hetero) is 1. The van der Waals surface area contributed by atoms with Crippen LogP contribution in [0, 0.1) is 24.4 Å². The fourth-order valence-corrected chi connectivity index (χ4v) is 3.63. The fourth-order valence-electron chi connectivity index (χ4n) is 3.63. The van der Waals surface area contributed by atoms with E-state index in [0.717, 1.165) is 23.1 Å². The summed E-state index contributed by atoms with van der Waals surface area (Å²) < 4.78 is 41.0. The Labute approximate surface area is 175 Å². The lowest BCUT2D eigenvalue weighted by Crippen LogP contribution is -2.29. The topological polar surface area (TPSA) is 57.6 Å². The third kappa shape index (κ3) is 3.48. The molecule has 3 aromatic rings. The van der Waals surface area contributed by atoms with Gasteiger partial charge in [0.2, 0.25) is 0 Å². The van der Waals surface area contributed by atoms with Gasteiger partial charge in [-0.15, -0.1) is 0 Å². The summed E-state index contributed by atoms with van der Waals surface area (Å²) in [7, 11) is 0. The zero-order valence-corrected chi connectivity index (χ0v) is 16.3. The Hall–Kier alpha value is -3.87. The monoisotopic (exact) mass is 423 g/mol. The number of anilines is 1. The average Bonchev–Trinajstić information content (AvgIpc) is 3.03. The number of aryl methyl sites for hydroxylation is 1. The molecule has 1 N–H and O–H groups in total. The standard InChI is InChI=1S/C24H16F3NO3/c1-13-11-15(7-9-17(13)25)22(29)20-21(14-5-3-2-4-6-14)28(24(31)23(20)30)16-8-10-18(26)19(27)12-16/h2-12,21,29H,1H3/b22-20+. The Balaban J connectivity index is 1.95. The van der Waals surface area contributed by atoms with Crippen molar-refractivity contribution < 1.29 is 27.9 Å². The number of amides is 1. The molecule has 0 bridgehead atoms. The van der Waals surface area contributed by atoms with Crippen LogP contribution in [0.15, 0.2) is 72.3 Å². The first-order chi connectivity index (χ1) is 14.8. The van der Waals surface area contributed by atoms with E-state index in [1.807, 2.05) is 0 Å². The van der Waals surface area contributed by atoms with Gasteiger partial charge in [-0.3, -0.25) is 14.5 Å². The molecule has 156 valence electrons. The lowest BCUT2D eigenvalue weighted by molar-refractivity contribution is -0.132. The molecule has 1 unspecified atom stereocenters. The number of hydrogen-bond acceptors (Lipinski definition) is 3. The summed E-state index contributed by atoms with van der Waals surface area (Å²) in [5, 5.41) is 10.9. The zero-order chi connectivity index (χ0) is 22.3. The van der Waals surface area contributed by atoms with Gasteiger partial charge in [0, 0.05) is 17.3 Å². The second-order valence-corrected chi connectivity index (χ2v) is 7.14. The normalized spacial score (nSPS) is 17.9. The van der Waals surface area contributed by atoms with Crippen LogP contribution in [0.3, 0.4) is 0 Å². The smallest absolute Gasteiger partial charge is 0.300 e. The van der Waals surface area contributed by atoms with E-state index in [4.69, 9.17) is 0 Å². The van der Waals surface area contributed by atoms with Crippen molar-refractivity contribution in [2.45, 2.75) is 13.0 Å². The predicted molar refractivity (Wildman–Crippen MR) is 109 cm³/mol. The van der Waals surface area contributed by atoms with Crippen molar-refractivity contribution >= 4 is 23.1 Å². The van der Waals surface area contributed by atoms with E-state index >= 15 is 0 Å². The molecule has 0 aliphatic carbocycles. The third-order valence-electron chi connectivity index (χ3n) is 5.17. The summed E-state index contributed by atoms with van der Waals surface area (Å²) in [5.41, 5.74) is 0.612. The number of carbonyl (C=O) groups excluding carboxylic acids is 2. The van der Waals surface area contributed by atoms with Crippen LogP contribution in [0.5, 0.6) is 0 Å². The number of halogens is 3. The van der Waals surface area contributed by atoms with Gasteiger partial charge in [-0.1, -0.05) is 30.3 Å². The maximum absolute atomic E-state index is 13.9. The van der Waals surface area contributed by atoms with Crippen molar-refractivity contribution in [1.82, 2.24) is 0 Å². The first-order valence-corrected chi connectivity index (χ1v) is 9.37. The zero-order valence-electron chi connectivity index (χ0n) is 16.3. The molecule has 4 rings (SSSR count). The molecule has 0 spiro atoms. The summed E-state index contributed by atoms with van der Waals surface area (Å²) in [6.45, 7) is 1.50. The van der Waals surface area contributed by atoms with Crippen LogP contribution in [0.2, 0.25) is 0 Å². The third-order valence-corrected chi connectivity index (χ3v) is 5.17. The molecule has 0 saturated carbocycles. The molecule has 1 atom stereocenters. The first-order valence-electron chi connectivity index (χ1n) is 9.37. The van der Waals surface area contributed by atoms with E-state index in [-0.39, 0.29) is 22.4 Å². The van der Waals surface area contributed by atoms with Crippen LogP contribution in [-0.4, -0.2) is 16.8 Å². The number of rotatable bonds is 3. The largest absolute Gasteiger partial charge is 0.507 e. The molecule has 1 saturated heterocycles. The maximum atomic E-state index is 13.9. The van der Waals surface area contributed by atoms with E-state index in [1.165, 1.54) is 25.1 Å². The molecular formula is C24H16F3NO3. The Bertz CT molecular complexity index is 1240. The van der Waals surface area contributed by atoms with Crippen LogP contribution < -0.4 is 4.90 Å². The number of carbonyl (C=O) groups is 2. The number of aliphatic hydroxyl groups is 1. The van der Waals surface area contributed by atoms with Crippen molar-refractivity contribution in [2.75, 3.05) is 4.90 Å². The number of benzene rings is 3. The molecule has 0 radical (unpaired) electrons. The van der Waals surface area contributed by atoms with Crippen LogP contribution in [-0.2, 0) is 9.59 Å². The van der Waals surface area contributed by atoms with Gasteiger partial charge in [0.15, 0.2) is 11.6 Å². The maximum Gasteiger partial charge on any atom is 0.300 e. The highest BCUT2D eigenvalue weighted by atomic mass is 19.2. The Morgan fingerprint density at radius 1 is 0.871 bits per heavy atom. The van der Waals surface area contributed by atoms with Crippen LogP contribution in [0.1, 0.15) is 22.7 Å². The van der Waals surface area contributed by atoms with Gasteiger partial charge in [0.25, 0.3) is 11.7 Å². The van der Waals surface area contributed by atoms with E-state index in [9.17, 15) is 27.9 Å². The van der Waals surface area contributed by atoms with Crippen molar-refractivity contribution in [2.24, 2.45) is 0 Å². The summed E-state index contributed by atoms with van der Waals surface area (Å²) in [4.78, 5) is 26.9. The van der Waals surface area contributed by atoms with E-state index in [0.29, 0.717) is 5.56 Å². The predicted octanol–water partition coefficient (Wildman–Crippen LogP) is 5.04. The van der Waals surface area contributed by atoms with Crippen molar-refractivity contribution in [3.05, 3.63) is 106 Å². The number of nitrogens with zero attached hydrogens (tertiary/aromatic N) is 1. The SMILES string of the molecule is Cc1cc(/C(O)=C2\C(=O)C(=O)N(c3ccc(F)c(F)c3)C2c2ccccc2)ccc1F. The molecule has 1 heterocycles. The van der Waals surface area contributed by atoms with Crippen molar-refractivity contribution in [3.8, 4) is 0 Å². The summed E-state index contributed by atoms with van der Waals surface area (Å²) in [6.07, 6.45) is 0. The molecule has 1 aliphatic heterocycles. The second kappa shape index (κ2) is 7.75. The highest BCUT2D eigenvalue weighted by Crippen LogP contribution is 2.42. The van der Waals surface area contributed by atoms with Gasteiger partial charge in [0.1, 0.15) is 11.6 Å². The van der Waals surface area contributed by atoms with Crippen molar-refractivity contribution in [3.63, 3.8) is 0 Å². The average molecular weight is 423 g/mol. The van der Waals surface area contributed by atoms with E-state index in [1.54, 1.807) is 30.3 Å². The van der Waals surface area contributed by atoms with Crippen LogP contribution in [0.25, 0.3) is 5.76 Å². The van der Waals surface area contributed by atoms with Gasteiger partial charge >= 0.3 is 0 Å². The molecule has 3 aromatic carbocycles. The molecule has 1 aliphatic rings. The van der Waals surface area contributed by atoms with Gasteiger partial charge in [-0.25, -0.2) is 13.2 Å². The van der Waals surface area contributed by atoms with Crippen LogP contribution >= 0.6 is 0 Å². The van der Waals surface area contributed by atoms with Crippen molar-refractivity contribution in [1.29, 1.82) is 0 Å². The summed E-state index contributed by atoms with van der Waals surface area (Å²) in [6, 6.07) is 14.0. The Morgan fingerprint density at radius 3 is 2.19 bits per heavy atom. The minimum Gasteiger partial charge on any atom is -0.507 e. The number of aliphatic hydroxyl groups excluding tert-OH is 1. The first kappa shape index (κ1) is 20.4. The van der Waals surface area contributed by atoms with Crippen LogP contribution in [0.4, 0.5) is 18.9 Å². The molecule has 0 aromatic heterocycles. The summed E-state index contributed by atoms with van der Waals surface area (Å²) >= 11 is 0. The second-order valence-electron chi connectivity index (χ2n) is 7.14. The number of hydrogen-bond donors (Lipinski definition) is 1. The van der Waals surface area contributed by atoms with Gasteiger partial charge in [0.05, 0.1) is 11.6 Å². The fraction of sp³-hybridized carbons (Fsp3) is 0.0833.